The molecule has 0 fully saturated rings. The van der Waals surface area contributed by atoms with Gasteiger partial charge in [-0.3, -0.25) is 0 Å². The van der Waals surface area contributed by atoms with E-state index in [1.165, 1.54) is 0 Å². The molecule has 0 saturated heterocycles. The van der Waals surface area contributed by atoms with E-state index in [2.05, 4.69) is 24.1 Å². The highest BCUT2D eigenvalue weighted by atomic mass is 35.5. The fourth-order valence-electron chi connectivity index (χ4n) is 3.24. The summed E-state index contributed by atoms with van der Waals surface area (Å²) in [4.78, 5) is 6.94. The van der Waals surface area contributed by atoms with Crippen LogP contribution in [0.5, 0.6) is 0 Å². The van der Waals surface area contributed by atoms with Crippen molar-refractivity contribution >= 4 is 51.6 Å². The molecular formula is C20H24Cl2N4O2. The van der Waals surface area contributed by atoms with Crippen molar-refractivity contribution in [2.24, 2.45) is 0 Å². The maximum absolute atomic E-state index is 10.1. The van der Waals surface area contributed by atoms with Crippen LogP contribution in [0.2, 0.25) is 10.0 Å². The van der Waals surface area contributed by atoms with Crippen LogP contribution in [-0.4, -0.2) is 45.6 Å². The van der Waals surface area contributed by atoms with Crippen molar-refractivity contribution in [2.75, 3.05) is 29.9 Å². The lowest BCUT2D eigenvalue weighted by Crippen LogP contribution is -2.24. The molecule has 28 heavy (non-hydrogen) atoms. The highest BCUT2D eigenvalue weighted by Gasteiger charge is 2.19. The predicted molar refractivity (Wildman–Crippen MR) is 116 cm³/mol. The molecule has 0 aliphatic heterocycles. The van der Waals surface area contributed by atoms with Crippen molar-refractivity contribution in [3.63, 3.8) is 0 Å². The van der Waals surface area contributed by atoms with Crippen molar-refractivity contribution in [3.05, 3.63) is 46.4 Å². The fraction of sp³-hybridized carbons (Fsp3) is 0.350. The Morgan fingerprint density at radius 2 is 1.93 bits per heavy atom. The molecule has 0 saturated carbocycles. The lowest BCUT2D eigenvalue weighted by Gasteiger charge is -2.23. The normalized spacial score (nSPS) is 12.4. The van der Waals surface area contributed by atoms with E-state index in [4.69, 9.17) is 28.2 Å². The summed E-state index contributed by atoms with van der Waals surface area (Å²) in [5.74, 6) is 0.534. The molecule has 0 spiro atoms. The first kappa shape index (κ1) is 20.7. The number of benzene rings is 2. The SMILES string of the molecule is CCN(CC)c1cccc2nc(Nc3ccc(Cl)cc3Cl)n(CC(O)CO)c12. The van der Waals surface area contributed by atoms with Crippen molar-refractivity contribution in [1.29, 1.82) is 0 Å². The molecule has 1 unspecified atom stereocenters. The van der Waals surface area contributed by atoms with Crippen LogP contribution in [0, 0.1) is 0 Å². The molecule has 1 atom stereocenters. The minimum absolute atomic E-state index is 0.193. The lowest BCUT2D eigenvalue weighted by atomic mass is 10.2. The molecule has 3 aromatic rings. The zero-order chi connectivity index (χ0) is 20.3. The predicted octanol–water partition coefficient (Wildman–Crippen LogP) is 4.29. The summed E-state index contributed by atoms with van der Waals surface area (Å²) in [6, 6.07) is 11.1. The molecule has 3 rings (SSSR count). The van der Waals surface area contributed by atoms with E-state index < -0.39 is 6.10 Å². The van der Waals surface area contributed by atoms with Gasteiger partial charge in [-0.15, -0.1) is 0 Å². The van der Waals surface area contributed by atoms with E-state index in [9.17, 15) is 10.2 Å². The number of aromatic nitrogens is 2. The van der Waals surface area contributed by atoms with E-state index in [1.807, 2.05) is 22.8 Å². The fourth-order valence-corrected chi connectivity index (χ4v) is 3.69. The second kappa shape index (κ2) is 9.01. The van der Waals surface area contributed by atoms with Crippen molar-refractivity contribution in [2.45, 2.75) is 26.5 Å². The van der Waals surface area contributed by atoms with E-state index in [1.54, 1.807) is 18.2 Å². The smallest absolute Gasteiger partial charge is 0.208 e. The first-order valence-corrected chi connectivity index (χ1v) is 9.99. The molecule has 0 aliphatic rings. The van der Waals surface area contributed by atoms with Gasteiger partial charge in [0.05, 0.1) is 46.7 Å². The number of imidazole rings is 1. The van der Waals surface area contributed by atoms with Crippen LogP contribution >= 0.6 is 23.2 Å². The summed E-state index contributed by atoms with van der Waals surface area (Å²) in [5.41, 5.74) is 3.37. The summed E-state index contributed by atoms with van der Waals surface area (Å²) < 4.78 is 1.88. The van der Waals surface area contributed by atoms with Gasteiger partial charge in [0.1, 0.15) is 0 Å². The van der Waals surface area contributed by atoms with Gasteiger partial charge >= 0.3 is 0 Å². The number of hydrogen-bond acceptors (Lipinski definition) is 5. The summed E-state index contributed by atoms with van der Waals surface area (Å²) in [5, 5.41) is 23.8. The Bertz CT molecular complexity index is 957. The minimum Gasteiger partial charge on any atom is -0.394 e. The Labute approximate surface area is 174 Å². The Hall–Kier alpha value is -1.99. The number of nitrogens with zero attached hydrogens (tertiary/aromatic N) is 3. The Kier molecular flexibility index (Phi) is 6.67. The summed E-state index contributed by atoms with van der Waals surface area (Å²) in [7, 11) is 0. The number of rotatable bonds is 8. The van der Waals surface area contributed by atoms with Gasteiger partial charge in [-0.05, 0) is 44.2 Å². The maximum atomic E-state index is 10.1. The number of para-hydroxylation sites is 1. The average Bonchev–Trinajstić information content (AvgIpc) is 3.02. The van der Waals surface area contributed by atoms with Crippen LogP contribution in [-0.2, 0) is 6.54 Å². The van der Waals surface area contributed by atoms with Gasteiger partial charge in [-0.2, -0.15) is 0 Å². The van der Waals surface area contributed by atoms with Gasteiger partial charge in [0.2, 0.25) is 5.95 Å². The van der Waals surface area contributed by atoms with E-state index in [0.717, 1.165) is 29.8 Å². The highest BCUT2D eigenvalue weighted by molar-refractivity contribution is 6.36. The van der Waals surface area contributed by atoms with Crippen LogP contribution in [0.1, 0.15) is 13.8 Å². The Morgan fingerprint density at radius 3 is 2.57 bits per heavy atom. The molecule has 3 N–H and O–H groups in total. The molecule has 2 aromatic carbocycles. The van der Waals surface area contributed by atoms with Crippen LogP contribution in [0.25, 0.3) is 11.0 Å². The van der Waals surface area contributed by atoms with E-state index in [-0.39, 0.29) is 13.2 Å². The zero-order valence-corrected chi connectivity index (χ0v) is 17.4. The number of aliphatic hydroxyl groups is 2. The van der Waals surface area contributed by atoms with Crippen LogP contribution < -0.4 is 10.2 Å². The van der Waals surface area contributed by atoms with Gasteiger partial charge in [-0.1, -0.05) is 29.3 Å². The van der Waals surface area contributed by atoms with Crippen molar-refractivity contribution in [3.8, 4) is 0 Å². The third-order valence-corrected chi connectivity index (χ3v) is 5.18. The maximum Gasteiger partial charge on any atom is 0.208 e. The summed E-state index contributed by atoms with van der Waals surface area (Å²) >= 11 is 12.3. The molecule has 1 heterocycles. The van der Waals surface area contributed by atoms with Crippen molar-refractivity contribution in [1.82, 2.24) is 9.55 Å². The zero-order valence-electron chi connectivity index (χ0n) is 15.9. The number of anilines is 3. The highest BCUT2D eigenvalue weighted by Crippen LogP contribution is 2.33. The van der Waals surface area contributed by atoms with Gasteiger partial charge < -0.3 is 25.0 Å². The summed E-state index contributed by atoms with van der Waals surface area (Å²) in [6.45, 7) is 5.73. The molecule has 6 nitrogen and oxygen atoms in total. The number of hydrogen-bond donors (Lipinski definition) is 3. The van der Waals surface area contributed by atoms with Crippen LogP contribution in [0.15, 0.2) is 36.4 Å². The molecule has 0 bridgehead atoms. The molecule has 1 aromatic heterocycles. The standard InChI is InChI=1S/C20H24Cl2N4O2/c1-3-25(4-2)18-7-5-6-17-19(18)26(11-14(28)12-27)20(24-17)23-16-9-8-13(21)10-15(16)22/h5-10,14,27-28H,3-4,11-12H2,1-2H3,(H,23,24). The van der Waals surface area contributed by atoms with Crippen molar-refractivity contribution < 1.29 is 10.2 Å². The third kappa shape index (κ3) is 4.20. The molecular weight excluding hydrogens is 399 g/mol. The quantitative estimate of drug-likeness (QED) is 0.504. The summed E-state index contributed by atoms with van der Waals surface area (Å²) in [6.07, 6.45) is -0.914. The van der Waals surface area contributed by atoms with Gasteiger partial charge in [0.25, 0.3) is 0 Å². The van der Waals surface area contributed by atoms with Gasteiger partial charge in [0.15, 0.2) is 0 Å². The second-order valence-corrected chi connectivity index (χ2v) is 7.29. The molecule has 150 valence electrons. The largest absolute Gasteiger partial charge is 0.394 e. The first-order chi connectivity index (χ1) is 13.5. The second-order valence-electron chi connectivity index (χ2n) is 6.45. The minimum atomic E-state index is -0.914. The first-order valence-electron chi connectivity index (χ1n) is 9.23. The molecule has 0 aliphatic carbocycles. The number of fused-ring (bicyclic) bond motifs is 1. The Balaban J connectivity index is 2.15. The molecule has 0 radical (unpaired) electrons. The number of aliphatic hydroxyl groups excluding tert-OH is 2. The molecule has 0 amide bonds. The van der Waals surface area contributed by atoms with Crippen LogP contribution in [0.4, 0.5) is 17.3 Å². The van der Waals surface area contributed by atoms with Crippen LogP contribution in [0.3, 0.4) is 0 Å². The van der Waals surface area contributed by atoms with E-state index in [0.29, 0.717) is 21.7 Å². The van der Waals surface area contributed by atoms with Gasteiger partial charge in [-0.25, -0.2) is 4.98 Å². The van der Waals surface area contributed by atoms with Gasteiger partial charge in [0, 0.05) is 18.1 Å². The lowest BCUT2D eigenvalue weighted by molar-refractivity contribution is 0.0825. The monoisotopic (exact) mass is 422 g/mol. The average molecular weight is 423 g/mol. The van der Waals surface area contributed by atoms with E-state index >= 15 is 0 Å². The topological polar surface area (TPSA) is 73.6 Å². The third-order valence-electron chi connectivity index (χ3n) is 4.63. The number of halogens is 2. The Morgan fingerprint density at radius 1 is 1.18 bits per heavy atom. The number of nitrogens with one attached hydrogen (secondary N) is 1. The molecule has 8 heteroatoms.